The van der Waals surface area contributed by atoms with Crippen molar-refractivity contribution in [2.45, 2.75) is 33.2 Å². The molecule has 5 nitrogen and oxygen atoms in total. The molecule has 2 aromatic rings. The van der Waals surface area contributed by atoms with Crippen LogP contribution in [0.2, 0.25) is 5.02 Å². The zero-order chi connectivity index (χ0) is 16.1. The number of nitrogens with one attached hydrogen (secondary N) is 1. The van der Waals surface area contributed by atoms with Gasteiger partial charge in [0, 0.05) is 24.2 Å². The van der Waals surface area contributed by atoms with Gasteiger partial charge >= 0.3 is 5.69 Å². The molecule has 0 aliphatic heterocycles. The highest BCUT2D eigenvalue weighted by Crippen LogP contribution is 2.35. The van der Waals surface area contributed by atoms with E-state index in [4.69, 9.17) is 11.6 Å². The van der Waals surface area contributed by atoms with Gasteiger partial charge < -0.3 is 9.88 Å². The predicted octanol–water partition coefficient (Wildman–Crippen LogP) is 4.95. The fourth-order valence-corrected chi connectivity index (χ4v) is 2.54. The minimum atomic E-state index is -0.330. The maximum Gasteiger partial charge on any atom is 0.311 e. The molecule has 0 amide bonds. The molecule has 0 saturated carbocycles. The van der Waals surface area contributed by atoms with Crippen LogP contribution < -0.4 is 5.32 Å². The van der Waals surface area contributed by atoms with Crippen LogP contribution in [0.4, 0.5) is 11.5 Å². The Labute approximate surface area is 135 Å². The first-order valence-corrected chi connectivity index (χ1v) is 7.84. The van der Waals surface area contributed by atoms with Crippen LogP contribution in [0.15, 0.2) is 30.3 Å². The smallest absolute Gasteiger partial charge is 0.311 e. The van der Waals surface area contributed by atoms with Crippen LogP contribution in [-0.2, 0) is 6.54 Å². The summed E-state index contributed by atoms with van der Waals surface area (Å²) in [4.78, 5) is 11.0. The maximum atomic E-state index is 11.4. The molecule has 1 aromatic carbocycles. The lowest BCUT2D eigenvalue weighted by Gasteiger charge is -2.13. The summed E-state index contributed by atoms with van der Waals surface area (Å²) in [5.41, 5.74) is 1.88. The number of nitrogens with zero attached hydrogens (tertiary/aromatic N) is 2. The van der Waals surface area contributed by atoms with Gasteiger partial charge in [-0.25, -0.2) is 0 Å². The molecule has 2 rings (SSSR count). The van der Waals surface area contributed by atoms with Crippen molar-refractivity contribution < 1.29 is 4.92 Å². The minimum absolute atomic E-state index is 0.117. The first-order valence-electron chi connectivity index (χ1n) is 7.46. The molecule has 1 aromatic heterocycles. The topological polar surface area (TPSA) is 60.1 Å². The zero-order valence-corrected chi connectivity index (χ0v) is 13.6. The van der Waals surface area contributed by atoms with E-state index in [1.54, 1.807) is 18.2 Å². The van der Waals surface area contributed by atoms with Crippen LogP contribution in [0.1, 0.15) is 26.7 Å². The van der Waals surface area contributed by atoms with Crippen LogP contribution in [0.3, 0.4) is 0 Å². The largest absolute Gasteiger partial charge is 0.366 e. The summed E-state index contributed by atoms with van der Waals surface area (Å²) in [6.07, 6.45) is 1.80. The molecule has 6 heteroatoms. The van der Waals surface area contributed by atoms with Crippen LogP contribution >= 0.6 is 11.6 Å². The molecule has 0 unspecified atom stereocenters. The van der Waals surface area contributed by atoms with E-state index in [9.17, 15) is 10.1 Å². The summed E-state index contributed by atoms with van der Waals surface area (Å²) in [6, 6.07) is 9.00. The lowest BCUT2D eigenvalue weighted by Crippen LogP contribution is -2.09. The molecule has 0 saturated heterocycles. The molecule has 0 fully saturated rings. The van der Waals surface area contributed by atoms with Crippen LogP contribution in [0, 0.1) is 10.1 Å². The monoisotopic (exact) mass is 321 g/mol. The van der Waals surface area contributed by atoms with E-state index in [-0.39, 0.29) is 10.6 Å². The second-order valence-electron chi connectivity index (χ2n) is 5.11. The zero-order valence-electron chi connectivity index (χ0n) is 12.8. The number of aromatic nitrogens is 1. The first-order chi connectivity index (χ1) is 10.6. The highest BCUT2D eigenvalue weighted by molar-refractivity contribution is 6.30. The Hall–Kier alpha value is -2.01. The summed E-state index contributed by atoms with van der Waals surface area (Å²) in [7, 11) is 0. The molecule has 0 spiro atoms. The molecular formula is C16H20ClN3O2. The summed E-state index contributed by atoms with van der Waals surface area (Å²) < 4.78 is 1.98. The highest BCUT2D eigenvalue weighted by Gasteiger charge is 2.23. The van der Waals surface area contributed by atoms with E-state index in [0.29, 0.717) is 17.4 Å². The number of benzene rings is 1. The highest BCUT2D eigenvalue weighted by atomic mass is 35.5. The molecule has 1 heterocycles. The van der Waals surface area contributed by atoms with Gasteiger partial charge in [0.1, 0.15) is 0 Å². The molecule has 0 bridgehead atoms. The van der Waals surface area contributed by atoms with E-state index >= 15 is 0 Å². The molecule has 0 atom stereocenters. The number of nitro groups is 1. The van der Waals surface area contributed by atoms with Gasteiger partial charge in [-0.1, -0.05) is 37.6 Å². The lowest BCUT2D eigenvalue weighted by molar-refractivity contribution is -0.383. The van der Waals surface area contributed by atoms with E-state index in [1.165, 1.54) is 0 Å². The van der Waals surface area contributed by atoms with E-state index in [0.717, 1.165) is 30.6 Å². The maximum absolute atomic E-state index is 11.4. The van der Waals surface area contributed by atoms with Crippen LogP contribution in [-0.4, -0.2) is 16.0 Å². The molecular weight excluding hydrogens is 302 g/mol. The van der Waals surface area contributed by atoms with Crippen molar-refractivity contribution in [2.24, 2.45) is 0 Å². The molecule has 118 valence electrons. The van der Waals surface area contributed by atoms with Crippen molar-refractivity contribution in [3.8, 4) is 11.3 Å². The van der Waals surface area contributed by atoms with Gasteiger partial charge in [-0.3, -0.25) is 10.1 Å². The minimum Gasteiger partial charge on any atom is -0.366 e. The van der Waals surface area contributed by atoms with Gasteiger partial charge in [-0.2, -0.15) is 0 Å². The Bertz CT molecular complexity index is 650. The Morgan fingerprint density at radius 3 is 2.45 bits per heavy atom. The Balaban J connectivity index is 2.56. The lowest BCUT2D eigenvalue weighted by atomic mass is 10.1. The van der Waals surface area contributed by atoms with Crippen molar-refractivity contribution in [1.29, 1.82) is 0 Å². The van der Waals surface area contributed by atoms with Crippen molar-refractivity contribution in [3.63, 3.8) is 0 Å². The Morgan fingerprint density at radius 1 is 1.23 bits per heavy atom. The average Bonchev–Trinajstić information content (AvgIpc) is 2.85. The Kier molecular flexibility index (Phi) is 5.44. The average molecular weight is 322 g/mol. The van der Waals surface area contributed by atoms with Crippen molar-refractivity contribution >= 4 is 23.1 Å². The number of halogens is 1. The summed E-state index contributed by atoms with van der Waals surface area (Å²) in [6.45, 7) is 5.51. The van der Waals surface area contributed by atoms with Gasteiger partial charge in [0.25, 0.3) is 0 Å². The first kappa shape index (κ1) is 16.4. The van der Waals surface area contributed by atoms with Crippen LogP contribution in [0.25, 0.3) is 11.3 Å². The van der Waals surface area contributed by atoms with Crippen molar-refractivity contribution in [1.82, 2.24) is 4.57 Å². The second-order valence-corrected chi connectivity index (χ2v) is 5.54. The molecule has 1 N–H and O–H groups in total. The summed E-state index contributed by atoms with van der Waals surface area (Å²) in [5.74, 6) is 0.582. The fourth-order valence-electron chi connectivity index (χ4n) is 2.42. The molecule has 0 aliphatic rings. The third kappa shape index (κ3) is 3.42. The summed E-state index contributed by atoms with van der Waals surface area (Å²) in [5, 5.41) is 15.2. The Morgan fingerprint density at radius 2 is 1.91 bits per heavy atom. The van der Waals surface area contributed by atoms with E-state index < -0.39 is 0 Å². The predicted molar refractivity (Wildman–Crippen MR) is 90.6 cm³/mol. The third-order valence-electron chi connectivity index (χ3n) is 3.40. The number of anilines is 1. The summed E-state index contributed by atoms with van der Waals surface area (Å²) >= 11 is 5.93. The number of rotatable bonds is 7. The van der Waals surface area contributed by atoms with Crippen molar-refractivity contribution in [2.75, 3.05) is 11.9 Å². The molecule has 22 heavy (non-hydrogen) atoms. The normalized spacial score (nSPS) is 10.7. The molecule has 0 aliphatic carbocycles. The van der Waals surface area contributed by atoms with Gasteiger partial charge in [0.15, 0.2) is 5.82 Å². The van der Waals surface area contributed by atoms with Gasteiger partial charge in [-0.15, -0.1) is 0 Å². The van der Waals surface area contributed by atoms with E-state index in [2.05, 4.69) is 12.2 Å². The fraction of sp³-hybridized carbons (Fsp3) is 0.375. The van der Waals surface area contributed by atoms with Gasteiger partial charge in [0.2, 0.25) is 0 Å². The second kappa shape index (κ2) is 7.31. The van der Waals surface area contributed by atoms with Crippen LogP contribution in [0.5, 0.6) is 0 Å². The van der Waals surface area contributed by atoms with Crippen molar-refractivity contribution in [3.05, 3.63) is 45.5 Å². The quantitative estimate of drug-likeness (QED) is 0.580. The number of hydrogen-bond donors (Lipinski definition) is 1. The number of hydrogen-bond acceptors (Lipinski definition) is 3. The SMILES string of the molecule is CCCNc1c([N+](=O)[O-])cc(-c2ccc(Cl)cc2)n1CCC. The third-order valence-corrected chi connectivity index (χ3v) is 3.66. The van der Waals surface area contributed by atoms with E-state index in [1.807, 2.05) is 23.6 Å². The van der Waals surface area contributed by atoms with Gasteiger partial charge in [0.05, 0.1) is 10.6 Å². The van der Waals surface area contributed by atoms with Gasteiger partial charge in [-0.05, 0) is 30.5 Å². The molecule has 0 radical (unpaired) electrons. The standard InChI is InChI=1S/C16H20ClN3O2/c1-3-9-18-16-15(20(21)22)11-14(19(16)10-4-2)12-5-7-13(17)8-6-12/h5-8,11,18H,3-4,9-10H2,1-2H3.